The second-order valence-electron chi connectivity index (χ2n) is 4.18. The summed E-state index contributed by atoms with van der Waals surface area (Å²) in [6.45, 7) is 2.77. The lowest BCUT2D eigenvalue weighted by atomic mass is 10.0. The molecule has 0 aliphatic heterocycles. The van der Waals surface area contributed by atoms with Gasteiger partial charge < -0.3 is 10.5 Å². The van der Waals surface area contributed by atoms with Gasteiger partial charge >= 0.3 is 0 Å². The average molecular weight is 316 g/mol. The Balaban J connectivity index is 2.23. The van der Waals surface area contributed by atoms with Crippen LogP contribution in [0.4, 0.5) is 0 Å². The van der Waals surface area contributed by atoms with Crippen LogP contribution in [0.2, 0.25) is 8.67 Å². The number of nitrogens with two attached hydrogens (primary N) is 1. The second kappa shape index (κ2) is 6.62. The lowest BCUT2D eigenvalue weighted by Crippen LogP contribution is -2.11. The van der Waals surface area contributed by atoms with Gasteiger partial charge in [0.2, 0.25) is 0 Å². The van der Waals surface area contributed by atoms with Gasteiger partial charge in [0.1, 0.15) is 5.75 Å². The molecular weight excluding hydrogens is 301 g/mol. The van der Waals surface area contributed by atoms with E-state index in [1.807, 2.05) is 30.3 Å². The summed E-state index contributed by atoms with van der Waals surface area (Å²) in [4.78, 5) is 0. The van der Waals surface area contributed by atoms with E-state index in [2.05, 4.69) is 6.92 Å². The average Bonchev–Trinajstić information content (AvgIpc) is 2.75. The quantitative estimate of drug-likeness (QED) is 0.852. The predicted octanol–water partition coefficient (Wildman–Crippen LogP) is 4.89. The number of hydrogen-bond acceptors (Lipinski definition) is 3. The molecule has 1 aromatic carbocycles. The van der Waals surface area contributed by atoms with Crippen molar-refractivity contribution in [2.75, 3.05) is 6.61 Å². The van der Waals surface area contributed by atoms with E-state index in [1.165, 1.54) is 11.3 Å². The molecule has 5 heteroatoms. The Morgan fingerprint density at radius 3 is 2.74 bits per heavy atom. The van der Waals surface area contributed by atoms with Crippen LogP contribution in [-0.4, -0.2) is 6.61 Å². The Morgan fingerprint density at radius 2 is 2.11 bits per heavy atom. The van der Waals surface area contributed by atoms with E-state index in [4.69, 9.17) is 33.7 Å². The van der Waals surface area contributed by atoms with Crippen LogP contribution in [0.25, 0.3) is 0 Å². The number of benzene rings is 1. The van der Waals surface area contributed by atoms with Gasteiger partial charge in [-0.2, -0.15) is 0 Å². The highest BCUT2D eigenvalue weighted by Gasteiger charge is 2.16. The van der Waals surface area contributed by atoms with E-state index in [0.717, 1.165) is 23.3 Å². The first-order chi connectivity index (χ1) is 9.11. The van der Waals surface area contributed by atoms with Crippen molar-refractivity contribution in [2.45, 2.75) is 19.4 Å². The van der Waals surface area contributed by atoms with E-state index < -0.39 is 0 Å². The van der Waals surface area contributed by atoms with Crippen LogP contribution in [0.1, 0.15) is 30.5 Å². The number of rotatable bonds is 5. The Morgan fingerprint density at radius 1 is 1.32 bits per heavy atom. The molecule has 102 valence electrons. The van der Waals surface area contributed by atoms with Crippen LogP contribution in [-0.2, 0) is 0 Å². The molecule has 0 aliphatic rings. The first-order valence-corrected chi connectivity index (χ1v) is 7.62. The van der Waals surface area contributed by atoms with Crippen molar-refractivity contribution >= 4 is 34.5 Å². The molecule has 0 aliphatic carbocycles. The maximum absolute atomic E-state index is 6.24. The maximum atomic E-state index is 6.24. The molecule has 1 heterocycles. The molecule has 0 saturated heterocycles. The third-order valence-electron chi connectivity index (χ3n) is 2.71. The molecule has 1 unspecified atom stereocenters. The normalized spacial score (nSPS) is 12.4. The van der Waals surface area contributed by atoms with E-state index >= 15 is 0 Å². The number of halogens is 2. The third-order valence-corrected chi connectivity index (χ3v) is 4.23. The van der Waals surface area contributed by atoms with Crippen molar-refractivity contribution in [3.8, 4) is 5.75 Å². The summed E-state index contributed by atoms with van der Waals surface area (Å²) in [5, 5.41) is 0. The Kier molecular flexibility index (Phi) is 5.11. The zero-order valence-corrected chi connectivity index (χ0v) is 12.9. The molecule has 0 spiro atoms. The number of hydrogen-bond donors (Lipinski definition) is 1. The molecule has 0 saturated carbocycles. The smallest absolute Gasteiger partial charge is 0.119 e. The van der Waals surface area contributed by atoms with Crippen LogP contribution >= 0.6 is 34.5 Å². The molecule has 2 nitrogen and oxygen atoms in total. The highest BCUT2D eigenvalue weighted by Crippen LogP contribution is 2.36. The third kappa shape index (κ3) is 3.63. The Labute approximate surface area is 127 Å². The molecule has 1 aromatic heterocycles. The van der Waals surface area contributed by atoms with Crippen LogP contribution in [0.15, 0.2) is 30.3 Å². The number of thiophene rings is 1. The molecule has 0 radical (unpaired) electrons. The Bertz CT molecular complexity index is 556. The van der Waals surface area contributed by atoms with Crippen molar-refractivity contribution in [3.05, 3.63) is 50.1 Å². The molecule has 0 bridgehead atoms. The topological polar surface area (TPSA) is 35.2 Å². The van der Waals surface area contributed by atoms with Gasteiger partial charge in [-0.15, -0.1) is 11.3 Å². The van der Waals surface area contributed by atoms with Gasteiger partial charge in [-0.25, -0.2) is 0 Å². The summed E-state index contributed by atoms with van der Waals surface area (Å²) < 4.78 is 6.89. The van der Waals surface area contributed by atoms with Crippen molar-refractivity contribution in [1.82, 2.24) is 0 Å². The zero-order valence-electron chi connectivity index (χ0n) is 10.5. The summed E-state index contributed by atoms with van der Waals surface area (Å²) in [7, 11) is 0. The largest absolute Gasteiger partial charge is 0.494 e. The minimum Gasteiger partial charge on any atom is -0.494 e. The van der Waals surface area contributed by atoms with Gasteiger partial charge in [-0.3, -0.25) is 0 Å². The molecule has 2 N–H and O–H groups in total. The first kappa shape index (κ1) is 14.7. The minimum absolute atomic E-state index is 0.290. The Hall–Kier alpha value is -0.740. The van der Waals surface area contributed by atoms with Crippen molar-refractivity contribution in [3.63, 3.8) is 0 Å². The standard InChI is InChI=1S/C14H15Cl2NOS/c1-2-6-18-10-5-3-4-9(7-10)13(17)11-8-12(15)19-14(11)16/h3-5,7-8,13H,2,6,17H2,1H3. The highest BCUT2D eigenvalue weighted by atomic mass is 35.5. The highest BCUT2D eigenvalue weighted by molar-refractivity contribution is 7.20. The zero-order chi connectivity index (χ0) is 13.8. The van der Waals surface area contributed by atoms with Crippen LogP contribution in [0.3, 0.4) is 0 Å². The van der Waals surface area contributed by atoms with Gasteiger partial charge in [0.25, 0.3) is 0 Å². The van der Waals surface area contributed by atoms with Crippen molar-refractivity contribution in [2.24, 2.45) is 5.73 Å². The molecule has 0 fully saturated rings. The molecule has 2 rings (SSSR count). The lowest BCUT2D eigenvalue weighted by molar-refractivity contribution is 0.317. The van der Waals surface area contributed by atoms with E-state index in [0.29, 0.717) is 15.3 Å². The summed E-state index contributed by atoms with van der Waals surface area (Å²) in [6.07, 6.45) is 0.974. The van der Waals surface area contributed by atoms with Gasteiger partial charge in [0.05, 0.1) is 21.3 Å². The summed E-state index contributed by atoms with van der Waals surface area (Å²) in [6, 6.07) is 9.30. The fourth-order valence-corrected chi connectivity index (χ4v) is 3.31. The lowest BCUT2D eigenvalue weighted by Gasteiger charge is -2.13. The number of ether oxygens (including phenoxy) is 1. The predicted molar refractivity (Wildman–Crippen MR) is 82.6 cm³/mol. The minimum atomic E-state index is -0.290. The van der Waals surface area contributed by atoms with Crippen LogP contribution < -0.4 is 10.5 Å². The fraction of sp³-hybridized carbons (Fsp3) is 0.286. The SMILES string of the molecule is CCCOc1cccc(C(N)c2cc(Cl)sc2Cl)c1. The van der Waals surface area contributed by atoms with Crippen molar-refractivity contribution < 1.29 is 4.74 Å². The molecule has 2 aromatic rings. The summed E-state index contributed by atoms with van der Waals surface area (Å²) >= 11 is 13.4. The molecular formula is C14H15Cl2NOS. The summed E-state index contributed by atoms with van der Waals surface area (Å²) in [5.74, 6) is 0.826. The van der Waals surface area contributed by atoms with Gasteiger partial charge in [0, 0.05) is 5.56 Å². The fourth-order valence-electron chi connectivity index (χ4n) is 1.76. The van der Waals surface area contributed by atoms with E-state index in [-0.39, 0.29) is 6.04 Å². The van der Waals surface area contributed by atoms with Crippen LogP contribution in [0, 0.1) is 0 Å². The van der Waals surface area contributed by atoms with Gasteiger partial charge in [-0.1, -0.05) is 42.3 Å². The summed E-state index contributed by atoms with van der Waals surface area (Å²) in [5.41, 5.74) is 8.05. The van der Waals surface area contributed by atoms with Gasteiger partial charge in [-0.05, 0) is 30.2 Å². The maximum Gasteiger partial charge on any atom is 0.119 e. The van der Waals surface area contributed by atoms with Crippen LogP contribution in [0.5, 0.6) is 5.75 Å². The monoisotopic (exact) mass is 315 g/mol. The second-order valence-corrected chi connectivity index (χ2v) is 6.46. The first-order valence-electron chi connectivity index (χ1n) is 6.05. The van der Waals surface area contributed by atoms with Crippen molar-refractivity contribution in [1.29, 1.82) is 0 Å². The molecule has 19 heavy (non-hydrogen) atoms. The van der Waals surface area contributed by atoms with Gasteiger partial charge in [0.15, 0.2) is 0 Å². The molecule has 0 amide bonds. The van der Waals surface area contributed by atoms with E-state index in [9.17, 15) is 0 Å². The van der Waals surface area contributed by atoms with E-state index in [1.54, 1.807) is 0 Å². The molecule has 1 atom stereocenters.